The molecule has 2 aliphatic rings. The first-order chi connectivity index (χ1) is 14.2. The van der Waals surface area contributed by atoms with Crippen LogP contribution in [0.5, 0.6) is 0 Å². The normalized spacial score (nSPS) is 14.1. The van der Waals surface area contributed by atoms with Gasteiger partial charge >= 0.3 is 0 Å². The number of fused-ring (bicyclic) bond motifs is 3. The highest BCUT2D eigenvalue weighted by Gasteiger charge is 2.18. The molecule has 0 atom stereocenters. The van der Waals surface area contributed by atoms with Gasteiger partial charge in [0.25, 0.3) is 0 Å². The van der Waals surface area contributed by atoms with Crippen molar-refractivity contribution in [1.29, 1.82) is 0 Å². The Morgan fingerprint density at radius 2 is 2.07 bits per heavy atom. The lowest BCUT2D eigenvalue weighted by Gasteiger charge is -2.11. The van der Waals surface area contributed by atoms with Crippen molar-refractivity contribution >= 4 is 35.0 Å². The van der Waals surface area contributed by atoms with E-state index in [0.29, 0.717) is 18.8 Å². The average Bonchev–Trinajstić information content (AvgIpc) is 3.45. The predicted octanol–water partition coefficient (Wildman–Crippen LogP) is 3.57. The van der Waals surface area contributed by atoms with Crippen LogP contribution in [0.25, 0.3) is 16.9 Å². The predicted molar refractivity (Wildman–Crippen MR) is 112 cm³/mol. The Bertz CT molecular complexity index is 1340. The van der Waals surface area contributed by atoms with Crippen molar-refractivity contribution in [2.45, 2.75) is 13.0 Å². The van der Waals surface area contributed by atoms with Crippen molar-refractivity contribution in [2.75, 3.05) is 10.6 Å². The summed E-state index contributed by atoms with van der Waals surface area (Å²) in [6.07, 6.45) is 7.98. The SMILES string of the molecule is O=C1Cc2ccc(Nc3nc(-c4ccc5c(c4)CN=C5)cn4ccnc34)cc2N1. The molecular weight excluding hydrogens is 364 g/mol. The zero-order valence-electron chi connectivity index (χ0n) is 15.4. The van der Waals surface area contributed by atoms with Gasteiger partial charge in [-0.1, -0.05) is 18.2 Å². The first kappa shape index (κ1) is 16.0. The Hall–Kier alpha value is -4.00. The van der Waals surface area contributed by atoms with Gasteiger partial charge < -0.3 is 15.0 Å². The minimum atomic E-state index is 0.0218. The van der Waals surface area contributed by atoms with E-state index < -0.39 is 0 Å². The molecule has 2 N–H and O–H groups in total. The number of hydrogen-bond donors (Lipinski definition) is 2. The Morgan fingerprint density at radius 3 is 3.03 bits per heavy atom. The molecule has 140 valence electrons. The number of carbonyl (C=O) groups excluding carboxylic acids is 1. The Balaban J connectivity index is 1.42. The van der Waals surface area contributed by atoms with Crippen LogP contribution in [0.1, 0.15) is 16.7 Å². The number of benzene rings is 2. The van der Waals surface area contributed by atoms with E-state index in [4.69, 9.17) is 4.98 Å². The molecule has 2 aromatic carbocycles. The maximum absolute atomic E-state index is 11.6. The molecule has 4 heterocycles. The van der Waals surface area contributed by atoms with E-state index in [1.165, 1.54) is 5.56 Å². The molecule has 4 aromatic rings. The molecule has 0 aliphatic carbocycles. The highest BCUT2D eigenvalue weighted by atomic mass is 16.1. The van der Waals surface area contributed by atoms with E-state index in [2.05, 4.69) is 38.8 Å². The van der Waals surface area contributed by atoms with Gasteiger partial charge in [-0.25, -0.2) is 9.97 Å². The fourth-order valence-electron chi connectivity index (χ4n) is 3.85. The molecule has 7 heteroatoms. The minimum Gasteiger partial charge on any atom is -0.337 e. The summed E-state index contributed by atoms with van der Waals surface area (Å²) < 4.78 is 1.96. The average molecular weight is 380 g/mol. The molecule has 0 spiro atoms. The molecule has 2 aliphatic heterocycles. The lowest BCUT2D eigenvalue weighted by Crippen LogP contribution is -2.04. The molecular formula is C22H16N6O. The van der Waals surface area contributed by atoms with Crippen molar-refractivity contribution < 1.29 is 4.79 Å². The summed E-state index contributed by atoms with van der Waals surface area (Å²) in [4.78, 5) is 25.2. The molecule has 6 rings (SSSR count). The lowest BCUT2D eigenvalue weighted by molar-refractivity contribution is -0.115. The number of imidazole rings is 1. The van der Waals surface area contributed by atoms with Crippen LogP contribution in [-0.2, 0) is 17.8 Å². The van der Waals surface area contributed by atoms with Crippen LogP contribution in [0.3, 0.4) is 0 Å². The summed E-state index contributed by atoms with van der Waals surface area (Å²) >= 11 is 0. The number of aromatic nitrogens is 3. The summed E-state index contributed by atoms with van der Waals surface area (Å²) in [6.45, 7) is 0.711. The fraction of sp³-hybridized carbons (Fsp3) is 0.0909. The number of aliphatic imine (C=N–C) groups is 1. The van der Waals surface area contributed by atoms with Crippen LogP contribution in [-0.4, -0.2) is 26.5 Å². The zero-order chi connectivity index (χ0) is 19.4. The number of carbonyl (C=O) groups is 1. The smallest absolute Gasteiger partial charge is 0.228 e. The van der Waals surface area contributed by atoms with E-state index in [9.17, 15) is 4.79 Å². The van der Waals surface area contributed by atoms with E-state index in [1.54, 1.807) is 6.20 Å². The largest absolute Gasteiger partial charge is 0.337 e. The second-order valence-corrected chi connectivity index (χ2v) is 7.24. The molecule has 0 bridgehead atoms. The molecule has 0 saturated heterocycles. The monoisotopic (exact) mass is 380 g/mol. The maximum Gasteiger partial charge on any atom is 0.228 e. The van der Waals surface area contributed by atoms with Gasteiger partial charge in [-0.05, 0) is 34.9 Å². The van der Waals surface area contributed by atoms with Gasteiger partial charge in [-0.2, -0.15) is 0 Å². The second kappa shape index (κ2) is 6.00. The van der Waals surface area contributed by atoms with E-state index in [0.717, 1.165) is 39.4 Å². The third-order valence-corrected chi connectivity index (χ3v) is 5.30. The van der Waals surface area contributed by atoms with Gasteiger partial charge in [0, 0.05) is 41.7 Å². The van der Waals surface area contributed by atoms with Gasteiger partial charge in [0.2, 0.25) is 5.91 Å². The summed E-state index contributed by atoms with van der Waals surface area (Å²) in [6, 6.07) is 12.1. The molecule has 0 unspecified atom stereocenters. The van der Waals surface area contributed by atoms with Gasteiger partial charge in [0.1, 0.15) is 0 Å². The van der Waals surface area contributed by atoms with Gasteiger partial charge in [0.15, 0.2) is 11.5 Å². The van der Waals surface area contributed by atoms with Crippen molar-refractivity contribution in [3.05, 3.63) is 71.7 Å². The van der Waals surface area contributed by atoms with E-state index in [-0.39, 0.29) is 5.91 Å². The van der Waals surface area contributed by atoms with E-state index in [1.807, 2.05) is 41.2 Å². The van der Waals surface area contributed by atoms with Crippen molar-refractivity contribution in [3.8, 4) is 11.3 Å². The Labute approximate surface area is 166 Å². The first-order valence-electron chi connectivity index (χ1n) is 9.39. The molecule has 7 nitrogen and oxygen atoms in total. The third-order valence-electron chi connectivity index (χ3n) is 5.30. The van der Waals surface area contributed by atoms with Crippen LogP contribution in [0, 0.1) is 0 Å². The molecule has 29 heavy (non-hydrogen) atoms. The maximum atomic E-state index is 11.6. The van der Waals surface area contributed by atoms with Crippen LogP contribution in [0.4, 0.5) is 17.2 Å². The molecule has 0 radical (unpaired) electrons. The molecule has 2 aromatic heterocycles. The summed E-state index contributed by atoms with van der Waals surface area (Å²) in [5, 5.41) is 6.25. The van der Waals surface area contributed by atoms with Crippen LogP contribution < -0.4 is 10.6 Å². The summed E-state index contributed by atoms with van der Waals surface area (Å²) in [5.41, 5.74) is 7.69. The van der Waals surface area contributed by atoms with Gasteiger partial charge in [-0.3, -0.25) is 9.79 Å². The topological polar surface area (TPSA) is 83.7 Å². The quantitative estimate of drug-likeness (QED) is 0.569. The van der Waals surface area contributed by atoms with Crippen LogP contribution in [0.2, 0.25) is 0 Å². The summed E-state index contributed by atoms with van der Waals surface area (Å²) in [5.74, 6) is 0.682. The van der Waals surface area contributed by atoms with Crippen molar-refractivity contribution in [2.24, 2.45) is 4.99 Å². The van der Waals surface area contributed by atoms with Crippen LogP contribution >= 0.6 is 0 Å². The molecule has 0 saturated carbocycles. The van der Waals surface area contributed by atoms with Gasteiger partial charge in [-0.15, -0.1) is 0 Å². The highest BCUT2D eigenvalue weighted by Crippen LogP contribution is 2.30. The fourth-order valence-corrected chi connectivity index (χ4v) is 3.85. The first-order valence-corrected chi connectivity index (χ1v) is 9.39. The Morgan fingerprint density at radius 1 is 1.10 bits per heavy atom. The number of anilines is 3. The standard InChI is InChI=1S/C22H16N6O/c29-20-8-14-3-4-17(9-18(14)26-20)25-21-22-24-5-6-28(22)12-19(27-21)13-1-2-15-10-23-11-16(15)7-13/h1-7,9-10,12H,8,11H2,(H,25,27)(H,26,29). The lowest BCUT2D eigenvalue weighted by atomic mass is 10.0. The number of nitrogens with one attached hydrogen (secondary N) is 2. The van der Waals surface area contributed by atoms with Crippen molar-refractivity contribution in [1.82, 2.24) is 14.4 Å². The third kappa shape index (κ3) is 2.67. The number of hydrogen-bond acceptors (Lipinski definition) is 5. The molecule has 0 fully saturated rings. The van der Waals surface area contributed by atoms with Gasteiger partial charge in [0.05, 0.1) is 18.7 Å². The van der Waals surface area contributed by atoms with Crippen LogP contribution in [0.15, 0.2) is 60.0 Å². The molecule has 1 amide bonds. The number of amides is 1. The second-order valence-electron chi connectivity index (χ2n) is 7.24. The Kier molecular flexibility index (Phi) is 3.31. The summed E-state index contributed by atoms with van der Waals surface area (Å²) in [7, 11) is 0. The number of rotatable bonds is 3. The highest BCUT2D eigenvalue weighted by molar-refractivity contribution is 6.00. The zero-order valence-corrected chi connectivity index (χ0v) is 15.4. The minimum absolute atomic E-state index is 0.0218. The van der Waals surface area contributed by atoms with Crippen molar-refractivity contribution in [3.63, 3.8) is 0 Å². The number of nitrogens with zero attached hydrogens (tertiary/aromatic N) is 4. The van der Waals surface area contributed by atoms with E-state index >= 15 is 0 Å².